The average molecular weight is 1770 g/mol. The standard InChI is InChI=1S/C36H35ClN4O5.C34H34N4O4.C34H33N3O5/c1-46-35(45)31-28(32(43)27-8-5-13-38-33(27)41(31)26-6-3-2-4-7-26)16-21-9-11-23(12-10-21)34(44)39-30-24-14-22-15-25(30)19-36(17-22,18-24)40-29(42)20-37;1-42-33(41)29-27(30(39)26-8-5-13-36-31(26)38(29)25-6-3-2-4-7-25)16-20-9-11-22(12-10-20)32(40)37-28-23-14-21-15-24(28)19-34(35,17-21)18-23;1-42-33(40)29-27(30(38)26-8-5-13-35-31(26)37(29)25-6-3-2-4-7-25)16-20-9-11-22(12-10-20)32(39)36-28-23-14-21-15-24(28)19-34(41,17-21)18-23/h2-13,22,24-25,30H,14-20H2,1H3,(H,39,44)(H,40,42);2-13,21,23-24,28H,14-19,35H2,1H3,(H,37,40);2-13,21,23-24,28,41H,14-19H2,1H3,(H,36,39)/t22?,24-,25+,30?,36?;2*21?,23-,24+,28?,34?. The Hall–Kier alpha value is -13.1. The zero-order chi connectivity index (χ0) is 90.0. The van der Waals surface area contributed by atoms with E-state index in [1.54, 1.807) is 105 Å². The quantitative estimate of drug-likeness (QED) is 0.0234. The van der Waals surface area contributed by atoms with Crippen molar-refractivity contribution in [3.8, 4) is 17.1 Å². The molecule has 9 unspecified atom stereocenters. The van der Waals surface area contributed by atoms with Crippen LogP contribution in [0.3, 0.4) is 0 Å². The number of alkyl halides is 1. The number of amides is 4. The summed E-state index contributed by atoms with van der Waals surface area (Å²) in [6, 6.07) is 60.2. The van der Waals surface area contributed by atoms with E-state index < -0.39 is 23.5 Å². The van der Waals surface area contributed by atoms with Gasteiger partial charge in [-0.05, 0) is 275 Å². The first-order valence-corrected chi connectivity index (χ1v) is 45.6. The van der Waals surface area contributed by atoms with E-state index in [-0.39, 0.29) is 117 Å². The predicted molar refractivity (Wildman–Crippen MR) is 492 cm³/mol. The number of pyridine rings is 6. The number of aliphatic hydroxyl groups is 1. The van der Waals surface area contributed by atoms with Crippen LogP contribution in [0.5, 0.6) is 0 Å². The third-order valence-corrected chi connectivity index (χ3v) is 29.5. The molecule has 12 aliphatic carbocycles. The van der Waals surface area contributed by atoms with Crippen molar-refractivity contribution >= 4 is 86.2 Å². The molecule has 12 saturated carbocycles. The maximum Gasteiger partial charge on any atom is 0.355 e. The van der Waals surface area contributed by atoms with E-state index in [9.17, 15) is 53.1 Å². The third kappa shape index (κ3) is 16.6. The largest absolute Gasteiger partial charge is 0.464 e. The number of methoxy groups -OCH3 is 3. The van der Waals surface area contributed by atoms with Crippen LogP contribution in [-0.2, 0) is 38.3 Å². The minimum atomic E-state index is -0.640. The van der Waals surface area contributed by atoms with Gasteiger partial charge in [-0.25, -0.2) is 29.3 Å². The molecular weight excluding hydrogens is 1660 g/mol. The number of fused-ring (bicyclic) bond motifs is 3. The lowest BCUT2D eigenvalue weighted by atomic mass is 9.51. The van der Waals surface area contributed by atoms with E-state index in [4.69, 9.17) is 31.5 Å². The second-order valence-electron chi connectivity index (χ2n) is 37.7. The van der Waals surface area contributed by atoms with Gasteiger partial charge in [-0.1, -0.05) is 91.0 Å². The zero-order valence-electron chi connectivity index (χ0n) is 72.5. The van der Waals surface area contributed by atoms with Gasteiger partial charge in [0.2, 0.25) is 5.91 Å². The summed E-state index contributed by atoms with van der Waals surface area (Å²) in [4.78, 5) is 147. The first-order valence-electron chi connectivity index (χ1n) is 45.0. The first kappa shape index (κ1) is 86.3. The van der Waals surface area contributed by atoms with Crippen LogP contribution in [0.2, 0.25) is 0 Å². The molecule has 6 heterocycles. The highest BCUT2D eigenvalue weighted by atomic mass is 35.5. The summed E-state index contributed by atoms with van der Waals surface area (Å²) >= 11 is 5.80. The maximum absolute atomic E-state index is 13.8. The Morgan fingerprint density at radius 2 is 0.692 bits per heavy atom. The van der Waals surface area contributed by atoms with Crippen LogP contribution >= 0.6 is 11.6 Å². The molecule has 12 aliphatic rings. The molecule has 0 aliphatic heterocycles. The van der Waals surface area contributed by atoms with Crippen LogP contribution in [-0.4, -0.2) is 137 Å². The number of hydrogen-bond acceptors (Lipinski definition) is 18. The number of para-hydroxylation sites is 3. The van der Waals surface area contributed by atoms with Gasteiger partial charge in [0.25, 0.3) is 17.7 Å². The number of nitrogens with two attached hydrogens (primary N) is 1. The number of aromatic nitrogens is 6. The number of hydrogen-bond donors (Lipinski definition) is 6. The van der Waals surface area contributed by atoms with Gasteiger partial charge in [0.15, 0.2) is 16.3 Å². The van der Waals surface area contributed by atoms with Gasteiger partial charge < -0.3 is 46.3 Å². The van der Waals surface area contributed by atoms with Crippen LogP contribution in [0, 0.1) is 53.3 Å². The van der Waals surface area contributed by atoms with Gasteiger partial charge >= 0.3 is 17.9 Å². The minimum absolute atomic E-state index is 0.0386. The number of carbonyl (C=O) groups is 7. The fourth-order valence-corrected chi connectivity index (χ4v) is 24.7. The number of nitrogens with one attached hydrogen (secondary N) is 4. The highest BCUT2D eigenvalue weighted by Crippen LogP contribution is 2.58. The van der Waals surface area contributed by atoms with Crippen molar-refractivity contribution in [2.75, 3.05) is 27.2 Å². The van der Waals surface area contributed by atoms with E-state index >= 15 is 0 Å². The Morgan fingerprint density at radius 3 is 0.992 bits per heavy atom. The summed E-state index contributed by atoms with van der Waals surface area (Å²) in [6.07, 6.45) is 20.2. The molecule has 6 aromatic heterocycles. The lowest BCUT2D eigenvalue weighted by Gasteiger charge is -2.60. The smallest absolute Gasteiger partial charge is 0.355 e. The summed E-state index contributed by atoms with van der Waals surface area (Å²) in [7, 11) is 3.89. The average Bonchev–Trinajstić information content (AvgIpc) is 0.723. The molecule has 7 N–H and O–H groups in total. The highest BCUT2D eigenvalue weighted by molar-refractivity contribution is 6.27. The molecule has 15 atom stereocenters. The summed E-state index contributed by atoms with van der Waals surface area (Å²) in [6.45, 7) is 0. The van der Waals surface area contributed by atoms with Crippen molar-refractivity contribution in [3.05, 3.63) is 317 Å². The molecule has 25 nitrogen and oxygen atoms in total. The molecule has 12 fully saturated rings. The van der Waals surface area contributed by atoms with Crippen LogP contribution in [0.1, 0.15) is 192 Å². The maximum atomic E-state index is 13.8. The highest BCUT2D eigenvalue weighted by Gasteiger charge is 2.58. The number of esters is 3. The third-order valence-electron chi connectivity index (χ3n) is 29.3. The van der Waals surface area contributed by atoms with Crippen molar-refractivity contribution in [3.63, 3.8) is 0 Å². The van der Waals surface area contributed by atoms with Crippen molar-refractivity contribution in [2.24, 2.45) is 59.0 Å². The van der Waals surface area contributed by atoms with Crippen molar-refractivity contribution < 1.29 is 52.9 Å². The predicted octanol–water partition coefficient (Wildman–Crippen LogP) is 13.6. The molecule has 12 aromatic rings. The second kappa shape index (κ2) is 35.4. The van der Waals surface area contributed by atoms with E-state index in [1.807, 2.05) is 127 Å². The van der Waals surface area contributed by atoms with Gasteiger partial charge in [0.1, 0.15) is 39.9 Å². The van der Waals surface area contributed by atoms with Gasteiger partial charge in [-0.3, -0.25) is 47.3 Å². The van der Waals surface area contributed by atoms with Gasteiger partial charge in [0.05, 0.1) is 43.1 Å². The zero-order valence-corrected chi connectivity index (χ0v) is 73.3. The molecule has 26 heteroatoms. The van der Waals surface area contributed by atoms with E-state index in [0.717, 1.165) is 113 Å². The monoisotopic (exact) mass is 1760 g/mol. The topological polar surface area (TPSA) is 346 Å². The first-order chi connectivity index (χ1) is 62.9. The molecule has 12 bridgehead atoms. The number of rotatable bonds is 20. The molecule has 4 amide bonds. The van der Waals surface area contributed by atoms with Gasteiger partial charge in [0, 0.05) is 117 Å². The van der Waals surface area contributed by atoms with Crippen molar-refractivity contribution in [1.82, 2.24) is 49.9 Å². The lowest BCUT2D eigenvalue weighted by molar-refractivity contribution is -0.137. The van der Waals surface area contributed by atoms with Gasteiger partial charge in [-0.15, -0.1) is 11.6 Å². The van der Waals surface area contributed by atoms with Crippen LogP contribution < -0.4 is 43.3 Å². The van der Waals surface area contributed by atoms with Crippen molar-refractivity contribution in [1.29, 1.82) is 0 Å². The molecule has 0 radical (unpaired) electrons. The van der Waals surface area contributed by atoms with Crippen LogP contribution in [0.4, 0.5) is 0 Å². The van der Waals surface area contributed by atoms with E-state index in [0.29, 0.717) is 131 Å². The number of benzene rings is 6. The van der Waals surface area contributed by atoms with Crippen molar-refractivity contribution in [2.45, 2.75) is 150 Å². The Balaban J connectivity index is 0.000000127. The normalized spacial score (nSPS) is 25.4. The Kier molecular flexibility index (Phi) is 23.5. The molecule has 0 spiro atoms. The summed E-state index contributed by atoms with van der Waals surface area (Å²) in [5.41, 5.74) is 13.5. The fraction of sp³-hybridized carbons (Fsp3) is 0.356. The summed E-state index contributed by atoms with van der Waals surface area (Å²) in [5, 5.41) is 25.2. The Morgan fingerprint density at radius 1 is 0.392 bits per heavy atom. The Labute approximate surface area is 754 Å². The van der Waals surface area contributed by atoms with E-state index in [2.05, 4.69) is 36.2 Å². The summed E-state index contributed by atoms with van der Waals surface area (Å²) in [5.74, 6) is 1.65. The van der Waals surface area contributed by atoms with Crippen LogP contribution in [0.25, 0.3) is 50.2 Å². The molecule has 0 saturated heterocycles. The van der Waals surface area contributed by atoms with E-state index in [1.165, 1.54) is 21.3 Å². The summed E-state index contributed by atoms with van der Waals surface area (Å²) < 4.78 is 20.5. The molecule has 6 aromatic carbocycles. The number of carbonyl (C=O) groups excluding carboxylic acids is 7. The molecular formula is C104H102ClN11O14. The number of ether oxygens (including phenoxy) is 3. The van der Waals surface area contributed by atoms with Gasteiger partial charge in [-0.2, -0.15) is 0 Å². The Bertz CT molecular complexity index is 6340. The molecule has 24 rings (SSSR count). The minimum Gasteiger partial charge on any atom is -0.464 e. The second-order valence-corrected chi connectivity index (χ2v) is 37.9. The molecule has 664 valence electrons. The molecule has 130 heavy (non-hydrogen) atoms. The van der Waals surface area contributed by atoms with Crippen LogP contribution in [0.15, 0.2) is 233 Å². The number of nitrogens with zero attached hydrogens (tertiary/aromatic N) is 6. The fourth-order valence-electron chi connectivity index (χ4n) is 24.6. The number of halogens is 1. The lowest BCUT2D eigenvalue weighted by Crippen LogP contribution is -2.66. The SMILES string of the molecule is COC(=O)c1c(Cc2ccc(C(=O)NC3[C@@H]4CC5C[C@H]3CC(N)(C5)C4)cc2)c(=O)c2cccnc2n1-c1ccccc1.COC(=O)c1c(Cc2ccc(C(=O)NC3[C@@H]4CC5C[C@H]3CC(NC(=O)CCl)(C5)C4)cc2)c(=O)c2cccnc2n1-c1ccccc1.COC(=O)c1c(Cc2ccc(C(=O)NC3[C@@H]4CC5C[C@H]3CC(O)(C5)C4)cc2)c(=O)c2cccnc2n1-c1ccccc1.